The number of nitrogens with one attached hydrogen (secondary N) is 1. The molecule has 1 amide bonds. The topological polar surface area (TPSA) is 72.5 Å². The Morgan fingerprint density at radius 3 is 2.44 bits per heavy atom. The van der Waals surface area contributed by atoms with Crippen LogP contribution >= 0.6 is 11.6 Å². The highest BCUT2D eigenvalue weighted by Gasteiger charge is 2.12. The average molecular weight is 360 g/mol. The second-order valence-electron chi connectivity index (χ2n) is 5.51. The van der Waals surface area contributed by atoms with Crippen LogP contribution in [0.2, 0.25) is 5.02 Å². The van der Waals surface area contributed by atoms with Crippen molar-refractivity contribution in [1.29, 1.82) is 0 Å². The van der Waals surface area contributed by atoms with Crippen LogP contribution in [0, 0.1) is 6.92 Å². The fraction of sp³-hybridized carbons (Fsp3) is 0.211. The van der Waals surface area contributed by atoms with E-state index in [1.165, 1.54) is 0 Å². The molecule has 0 atom stereocenters. The maximum Gasteiger partial charge on any atom is 0.306 e. The third-order valence-corrected chi connectivity index (χ3v) is 3.64. The zero-order chi connectivity index (χ0) is 18.2. The molecule has 0 saturated carbocycles. The van der Waals surface area contributed by atoms with Crippen molar-refractivity contribution in [2.24, 2.45) is 0 Å². The Bertz CT molecular complexity index is 771. The SMILES string of the molecule is Cc1cccc(NC(=O)CCC(=O)OCC(=O)c2ccc(Cl)cc2)c1. The number of esters is 1. The van der Waals surface area contributed by atoms with E-state index in [2.05, 4.69) is 5.32 Å². The Kier molecular flexibility index (Phi) is 6.71. The van der Waals surface area contributed by atoms with Crippen molar-refractivity contribution in [2.75, 3.05) is 11.9 Å². The Labute approximate surface area is 150 Å². The largest absolute Gasteiger partial charge is 0.457 e. The first-order valence-corrected chi connectivity index (χ1v) is 8.13. The van der Waals surface area contributed by atoms with Gasteiger partial charge in [-0.05, 0) is 48.9 Å². The highest BCUT2D eigenvalue weighted by atomic mass is 35.5. The number of ketones is 1. The molecule has 0 saturated heterocycles. The lowest BCUT2D eigenvalue weighted by Gasteiger charge is -2.07. The van der Waals surface area contributed by atoms with E-state index in [1.54, 1.807) is 30.3 Å². The van der Waals surface area contributed by atoms with Gasteiger partial charge in [0, 0.05) is 22.7 Å². The zero-order valence-electron chi connectivity index (χ0n) is 13.8. The van der Waals surface area contributed by atoms with Gasteiger partial charge in [0.05, 0.1) is 6.42 Å². The van der Waals surface area contributed by atoms with Crippen LogP contribution in [-0.2, 0) is 14.3 Å². The van der Waals surface area contributed by atoms with Crippen LogP contribution < -0.4 is 5.32 Å². The molecule has 6 heteroatoms. The molecular weight excluding hydrogens is 342 g/mol. The molecule has 0 radical (unpaired) electrons. The lowest BCUT2D eigenvalue weighted by molar-refractivity contribution is -0.143. The summed E-state index contributed by atoms with van der Waals surface area (Å²) in [6, 6.07) is 13.7. The third-order valence-electron chi connectivity index (χ3n) is 3.39. The summed E-state index contributed by atoms with van der Waals surface area (Å²) >= 11 is 5.75. The van der Waals surface area contributed by atoms with E-state index in [1.807, 2.05) is 25.1 Å². The van der Waals surface area contributed by atoms with Crippen molar-refractivity contribution in [3.05, 3.63) is 64.7 Å². The molecule has 5 nitrogen and oxygen atoms in total. The number of hydrogen-bond acceptors (Lipinski definition) is 4. The number of carbonyl (C=O) groups excluding carboxylic acids is 3. The Hall–Kier alpha value is -2.66. The summed E-state index contributed by atoms with van der Waals surface area (Å²) in [6.07, 6.45) is -0.104. The van der Waals surface area contributed by atoms with Gasteiger partial charge in [-0.25, -0.2) is 0 Å². The minimum Gasteiger partial charge on any atom is -0.457 e. The van der Waals surface area contributed by atoms with E-state index in [0.29, 0.717) is 16.3 Å². The summed E-state index contributed by atoms with van der Waals surface area (Å²) in [5.74, 6) is -1.21. The first-order chi connectivity index (χ1) is 11.9. The number of ether oxygens (including phenoxy) is 1. The maximum absolute atomic E-state index is 11.9. The number of hydrogen-bond donors (Lipinski definition) is 1. The first-order valence-electron chi connectivity index (χ1n) is 7.75. The number of halogens is 1. The molecule has 2 aromatic rings. The minimum absolute atomic E-state index is 0.0120. The van der Waals surface area contributed by atoms with Gasteiger partial charge in [0.15, 0.2) is 12.4 Å². The number of benzene rings is 2. The second-order valence-corrected chi connectivity index (χ2v) is 5.94. The fourth-order valence-electron chi connectivity index (χ4n) is 2.10. The van der Waals surface area contributed by atoms with Crippen LogP contribution in [0.4, 0.5) is 5.69 Å². The van der Waals surface area contributed by atoms with Crippen LogP contribution in [0.5, 0.6) is 0 Å². The van der Waals surface area contributed by atoms with E-state index in [-0.39, 0.29) is 31.1 Å². The Balaban J connectivity index is 1.72. The van der Waals surface area contributed by atoms with Crippen LogP contribution in [0.25, 0.3) is 0 Å². The standard InChI is InChI=1S/C19H18ClNO4/c1-13-3-2-4-16(11-13)21-18(23)9-10-19(24)25-12-17(22)14-5-7-15(20)8-6-14/h2-8,11H,9-10,12H2,1H3,(H,21,23). The molecular formula is C19H18ClNO4. The molecule has 0 unspecified atom stereocenters. The number of carbonyl (C=O) groups is 3. The van der Waals surface area contributed by atoms with Gasteiger partial charge in [-0.15, -0.1) is 0 Å². The molecule has 0 aliphatic heterocycles. The zero-order valence-corrected chi connectivity index (χ0v) is 14.5. The molecule has 0 bridgehead atoms. The van der Waals surface area contributed by atoms with Crippen molar-refractivity contribution in [2.45, 2.75) is 19.8 Å². The van der Waals surface area contributed by atoms with E-state index < -0.39 is 5.97 Å². The average Bonchev–Trinajstić information content (AvgIpc) is 2.58. The summed E-state index contributed by atoms with van der Waals surface area (Å²) in [4.78, 5) is 35.4. The van der Waals surface area contributed by atoms with Crippen molar-refractivity contribution in [3.8, 4) is 0 Å². The van der Waals surface area contributed by atoms with Crippen molar-refractivity contribution < 1.29 is 19.1 Å². The van der Waals surface area contributed by atoms with Gasteiger partial charge in [-0.2, -0.15) is 0 Å². The molecule has 1 N–H and O–H groups in total. The van der Waals surface area contributed by atoms with E-state index in [9.17, 15) is 14.4 Å². The highest BCUT2D eigenvalue weighted by Crippen LogP contribution is 2.11. The maximum atomic E-state index is 11.9. The van der Waals surface area contributed by atoms with Gasteiger partial charge in [0.25, 0.3) is 0 Å². The predicted molar refractivity (Wildman–Crippen MR) is 95.8 cm³/mol. The normalized spacial score (nSPS) is 10.2. The van der Waals surface area contributed by atoms with E-state index in [0.717, 1.165) is 5.56 Å². The molecule has 2 aromatic carbocycles. The third kappa shape index (κ3) is 6.39. The van der Waals surface area contributed by atoms with Crippen molar-refractivity contribution >= 4 is 34.9 Å². The van der Waals surface area contributed by atoms with Gasteiger partial charge in [0.2, 0.25) is 5.91 Å². The molecule has 25 heavy (non-hydrogen) atoms. The molecule has 2 rings (SSSR count). The molecule has 0 aliphatic rings. The van der Waals surface area contributed by atoms with Crippen molar-refractivity contribution in [3.63, 3.8) is 0 Å². The van der Waals surface area contributed by atoms with Gasteiger partial charge in [0.1, 0.15) is 0 Å². The monoisotopic (exact) mass is 359 g/mol. The number of anilines is 1. The summed E-state index contributed by atoms with van der Waals surface area (Å²) in [7, 11) is 0. The van der Waals surface area contributed by atoms with Gasteiger partial charge >= 0.3 is 5.97 Å². The lowest BCUT2D eigenvalue weighted by atomic mass is 10.1. The van der Waals surface area contributed by atoms with Crippen LogP contribution in [0.3, 0.4) is 0 Å². The molecule has 0 aliphatic carbocycles. The molecule has 0 spiro atoms. The number of aryl methyl sites for hydroxylation is 1. The van der Waals surface area contributed by atoms with Crippen LogP contribution in [-0.4, -0.2) is 24.3 Å². The quantitative estimate of drug-likeness (QED) is 0.603. The summed E-state index contributed by atoms with van der Waals surface area (Å²) in [6.45, 7) is 1.56. The predicted octanol–water partition coefficient (Wildman–Crippen LogP) is 3.79. The van der Waals surface area contributed by atoms with Gasteiger partial charge in [-0.1, -0.05) is 23.7 Å². The van der Waals surface area contributed by atoms with Crippen molar-refractivity contribution in [1.82, 2.24) is 0 Å². The molecule has 0 fully saturated rings. The summed E-state index contributed by atoms with van der Waals surface area (Å²) < 4.78 is 4.91. The van der Waals surface area contributed by atoms with E-state index >= 15 is 0 Å². The Morgan fingerprint density at radius 2 is 1.76 bits per heavy atom. The van der Waals surface area contributed by atoms with Gasteiger partial charge in [-0.3, -0.25) is 14.4 Å². The number of rotatable bonds is 7. The number of amides is 1. The summed E-state index contributed by atoms with van der Waals surface area (Å²) in [5, 5.41) is 3.23. The fourth-order valence-corrected chi connectivity index (χ4v) is 2.23. The smallest absolute Gasteiger partial charge is 0.306 e. The second kappa shape index (κ2) is 8.99. The number of Topliss-reactive ketones (excluding diaryl/α,β-unsaturated/α-hetero) is 1. The van der Waals surface area contributed by atoms with Crippen LogP contribution in [0.1, 0.15) is 28.8 Å². The lowest BCUT2D eigenvalue weighted by Crippen LogP contribution is -2.17. The highest BCUT2D eigenvalue weighted by molar-refractivity contribution is 6.30. The Morgan fingerprint density at radius 1 is 1.04 bits per heavy atom. The molecule has 0 aromatic heterocycles. The minimum atomic E-state index is -0.596. The van der Waals surface area contributed by atoms with Crippen LogP contribution in [0.15, 0.2) is 48.5 Å². The molecule has 0 heterocycles. The van der Waals surface area contributed by atoms with Gasteiger partial charge < -0.3 is 10.1 Å². The van der Waals surface area contributed by atoms with E-state index in [4.69, 9.17) is 16.3 Å². The summed E-state index contributed by atoms with van der Waals surface area (Å²) in [5.41, 5.74) is 2.11. The molecule has 130 valence electrons. The first kappa shape index (κ1) is 18.7.